The third-order valence-corrected chi connectivity index (χ3v) is 5.97. The minimum absolute atomic E-state index is 0.135. The molecule has 28 heavy (non-hydrogen) atoms. The number of aromatic nitrogens is 2. The quantitative estimate of drug-likeness (QED) is 0.416. The van der Waals surface area contributed by atoms with E-state index in [0.717, 1.165) is 22.4 Å². The van der Waals surface area contributed by atoms with Gasteiger partial charge in [-0.25, -0.2) is 4.98 Å². The number of carbonyl (C=O) groups is 1. The van der Waals surface area contributed by atoms with Crippen LogP contribution in [-0.4, -0.2) is 22.1 Å². The number of thiol groups is 1. The maximum atomic E-state index is 12.8. The first-order valence-electron chi connectivity index (χ1n) is 8.47. The number of amides is 1. The lowest BCUT2D eigenvalue weighted by Gasteiger charge is -2.17. The standard InChI is InChI=1S/C19H16N4O3S2/c1-10-13(3-2-6-21-10)26-18-14-12(5-4-11(9-20)15(14)27)16(28-18)17(24)23-19-22-7-8-25-19/h2-3,6-9,20,27H,4-5H2,1H3,(H,22,23,24). The summed E-state index contributed by atoms with van der Waals surface area (Å²) < 4.78 is 11.2. The van der Waals surface area contributed by atoms with Crippen molar-refractivity contribution in [3.63, 3.8) is 0 Å². The molecule has 1 amide bonds. The van der Waals surface area contributed by atoms with E-state index in [0.29, 0.717) is 33.4 Å². The van der Waals surface area contributed by atoms with Crippen LogP contribution in [0.3, 0.4) is 0 Å². The highest BCUT2D eigenvalue weighted by molar-refractivity contribution is 7.90. The van der Waals surface area contributed by atoms with E-state index in [4.69, 9.17) is 14.6 Å². The molecule has 3 heterocycles. The number of thiophene rings is 1. The molecule has 0 unspecified atom stereocenters. The van der Waals surface area contributed by atoms with Gasteiger partial charge in [0.25, 0.3) is 5.91 Å². The summed E-state index contributed by atoms with van der Waals surface area (Å²) in [7, 11) is 0. The van der Waals surface area contributed by atoms with Gasteiger partial charge in [0.05, 0.1) is 16.8 Å². The summed E-state index contributed by atoms with van der Waals surface area (Å²) in [6.45, 7) is 1.85. The van der Waals surface area contributed by atoms with Gasteiger partial charge in [-0.05, 0) is 43.0 Å². The average molecular weight is 412 g/mol. The first kappa shape index (κ1) is 18.5. The van der Waals surface area contributed by atoms with E-state index in [-0.39, 0.29) is 11.9 Å². The van der Waals surface area contributed by atoms with Gasteiger partial charge in [-0.15, -0.1) is 12.6 Å². The number of pyridine rings is 1. The van der Waals surface area contributed by atoms with Crippen molar-refractivity contribution in [3.8, 4) is 10.8 Å². The van der Waals surface area contributed by atoms with Crippen molar-refractivity contribution in [2.24, 2.45) is 0 Å². The van der Waals surface area contributed by atoms with Crippen LogP contribution in [0.15, 0.2) is 40.8 Å². The Hall–Kier alpha value is -2.91. The Morgan fingerprint density at radius 2 is 2.25 bits per heavy atom. The summed E-state index contributed by atoms with van der Waals surface area (Å²) in [5, 5.41) is 10.8. The summed E-state index contributed by atoms with van der Waals surface area (Å²) in [5.74, 6) is 0.287. The molecule has 0 fully saturated rings. The summed E-state index contributed by atoms with van der Waals surface area (Å²) in [6.07, 6.45) is 7.10. The van der Waals surface area contributed by atoms with Gasteiger partial charge in [-0.3, -0.25) is 15.1 Å². The number of allylic oxidation sites excluding steroid dienone is 1. The molecule has 0 saturated heterocycles. The fourth-order valence-corrected chi connectivity index (χ4v) is 4.57. The lowest BCUT2D eigenvalue weighted by Crippen LogP contribution is -2.14. The summed E-state index contributed by atoms with van der Waals surface area (Å²) >= 11 is 5.86. The topological polar surface area (TPSA) is 101 Å². The van der Waals surface area contributed by atoms with E-state index >= 15 is 0 Å². The molecule has 142 valence electrons. The van der Waals surface area contributed by atoms with Crippen LogP contribution in [0.1, 0.15) is 32.9 Å². The molecule has 9 heteroatoms. The van der Waals surface area contributed by atoms with Gasteiger partial charge in [0.1, 0.15) is 12.0 Å². The second-order valence-electron chi connectivity index (χ2n) is 6.07. The molecule has 0 aromatic carbocycles. The van der Waals surface area contributed by atoms with Crippen LogP contribution in [-0.2, 0) is 6.42 Å². The largest absolute Gasteiger partial charge is 0.444 e. The van der Waals surface area contributed by atoms with Gasteiger partial charge < -0.3 is 14.6 Å². The number of nitrogens with zero attached hydrogens (tertiary/aromatic N) is 2. The number of carbonyl (C=O) groups excluding carboxylic acids is 1. The molecule has 2 N–H and O–H groups in total. The van der Waals surface area contributed by atoms with Gasteiger partial charge in [0, 0.05) is 22.9 Å². The molecular formula is C19H16N4O3S2. The number of rotatable bonds is 5. The Morgan fingerprint density at radius 3 is 2.96 bits per heavy atom. The number of aryl methyl sites for hydroxylation is 1. The van der Waals surface area contributed by atoms with Gasteiger partial charge in [0.2, 0.25) is 0 Å². The Bertz CT molecular complexity index is 1090. The predicted octanol–water partition coefficient (Wildman–Crippen LogP) is 4.72. The number of oxazole rings is 1. The molecule has 0 radical (unpaired) electrons. The molecule has 4 rings (SSSR count). The van der Waals surface area contributed by atoms with E-state index in [1.54, 1.807) is 12.3 Å². The first-order chi connectivity index (χ1) is 13.6. The van der Waals surface area contributed by atoms with Crippen molar-refractivity contribution in [1.29, 1.82) is 5.41 Å². The predicted molar refractivity (Wildman–Crippen MR) is 111 cm³/mol. The first-order valence-corrected chi connectivity index (χ1v) is 9.73. The van der Waals surface area contributed by atoms with E-state index < -0.39 is 0 Å². The molecule has 0 saturated carbocycles. The fraction of sp³-hybridized carbons (Fsp3) is 0.158. The molecule has 0 atom stereocenters. The van der Waals surface area contributed by atoms with Crippen LogP contribution >= 0.6 is 24.0 Å². The normalized spacial score (nSPS) is 13.2. The van der Waals surface area contributed by atoms with Gasteiger partial charge in [0.15, 0.2) is 5.06 Å². The Kier molecular flexibility index (Phi) is 5.01. The maximum Gasteiger partial charge on any atom is 0.301 e. The number of anilines is 1. The zero-order chi connectivity index (χ0) is 19.7. The summed E-state index contributed by atoms with van der Waals surface area (Å²) in [5.41, 5.74) is 3.14. The molecule has 7 nitrogen and oxygen atoms in total. The van der Waals surface area contributed by atoms with E-state index in [1.165, 1.54) is 30.0 Å². The molecule has 0 bridgehead atoms. The lowest BCUT2D eigenvalue weighted by atomic mass is 9.93. The SMILES string of the molecule is Cc1ncccc1Oc1sc(C(=O)Nc2ncco2)c2c1C(S)=C(C=N)CC2. The highest BCUT2D eigenvalue weighted by Crippen LogP contribution is 2.47. The minimum atomic E-state index is -0.319. The Labute approximate surface area is 170 Å². The molecular weight excluding hydrogens is 396 g/mol. The van der Waals surface area contributed by atoms with Crippen LogP contribution in [0, 0.1) is 12.3 Å². The molecule has 3 aromatic rings. The molecule has 3 aromatic heterocycles. The van der Waals surface area contributed by atoms with Crippen LogP contribution in [0.25, 0.3) is 4.91 Å². The molecule has 1 aliphatic carbocycles. The fourth-order valence-electron chi connectivity index (χ4n) is 2.97. The van der Waals surface area contributed by atoms with E-state index in [9.17, 15) is 4.79 Å². The highest BCUT2D eigenvalue weighted by Gasteiger charge is 2.30. The maximum absolute atomic E-state index is 12.8. The van der Waals surface area contributed by atoms with Crippen molar-refractivity contribution in [3.05, 3.63) is 58.1 Å². The Balaban J connectivity index is 1.79. The highest BCUT2D eigenvalue weighted by atomic mass is 32.1. The van der Waals surface area contributed by atoms with E-state index in [1.807, 2.05) is 13.0 Å². The van der Waals surface area contributed by atoms with Crippen molar-refractivity contribution in [2.45, 2.75) is 19.8 Å². The van der Waals surface area contributed by atoms with Gasteiger partial charge in [-0.2, -0.15) is 0 Å². The second kappa shape index (κ2) is 7.61. The molecule has 1 aliphatic rings. The zero-order valence-electron chi connectivity index (χ0n) is 14.9. The van der Waals surface area contributed by atoms with Crippen LogP contribution in [0.4, 0.5) is 6.01 Å². The van der Waals surface area contributed by atoms with Crippen LogP contribution in [0.5, 0.6) is 10.8 Å². The number of nitrogens with one attached hydrogen (secondary N) is 2. The van der Waals surface area contributed by atoms with Gasteiger partial charge >= 0.3 is 6.01 Å². The van der Waals surface area contributed by atoms with Crippen LogP contribution < -0.4 is 10.1 Å². The van der Waals surface area contributed by atoms with Crippen LogP contribution in [0.2, 0.25) is 0 Å². The molecule has 0 aliphatic heterocycles. The lowest BCUT2D eigenvalue weighted by molar-refractivity contribution is 0.102. The second-order valence-corrected chi connectivity index (χ2v) is 7.50. The van der Waals surface area contributed by atoms with Crippen molar-refractivity contribution in [2.75, 3.05) is 5.32 Å². The Morgan fingerprint density at radius 1 is 1.39 bits per heavy atom. The number of ether oxygens (including phenoxy) is 1. The average Bonchev–Trinajstić information content (AvgIpc) is 3.32. The van der Waals surface area contributed by atoms with Gasteiger partial charge in [-0.1, -0.05) is 11.3 Å². The number of hydrogen-bond donors (Lipinski definition) is 3. The third kappa shape index (κ3) is 3.34. The summed E-state index contributed by atoms with van der Waals surface area (Å²) in [4.78, 5) is 22.2. The number of hydrogen-bond acceptors (Lipinski definition) is 8. The van der Waals surface area contributed by atoms with Crippen molar-refractivity contribution >= 4 is 47.0 Å². The van der Waals surface area contributed by atoms with Crippen molar-refractivity contribution in [1.82, 2.24) is 9.97 Å². The minimum Gasteiger partial charge on any atom is -0.444 e. The summed E-state index contributed by atoms with van der Waals surface area (Å²) in [6, 6.07) is 3.75. The van der Waals surface area contributed by atoms with Crippen molar-refractivity contribution < 1.29 is 13.9 Å². The third-order valence-electron chi connectivity index (χ3n) is 4.35. The van der Waals surface area contributed by atoms with E-state index in [2.05, 4.69) is 27.9 Å². The monoisotopic (exact) mass is 412 g/mol. The number of fused-ring (bicyclic) bond motifs is 1. The zero-order valence-corrected chi connectivity index (χ0v) is 16.6. The molecule has 0 spiro atoms. The smallest absolute Gasteiger partial charge is 0.301 e.